The van der Waals surface area contributed by atoms with Crippen LogP contribution in [0.1, 0.15) is 10.5 Å². The normalized spacial score (nSPS) is 10.6. The molecular weight excluding hydrogens is 352 g/mol. The van der Waals surface area contributed by atoms with E-state index in [-0.39, 0.29) is 5.91 Å². The summed E-state index contributed by atoms with van der Waals surface area (Å²) < 4.78 is 0. The molecule has 3 heterocycles. The molecule has 1 amide bonds. The fraction of sp³-hybridized carbons (Fsp3) is 0. The van der Waals surface area contributed by atoms with Crippen molar-refractivity contribution in [3.05, 3.63) is 70.6 Å². The number of anilines is 1. The molecule has 25 heavy (non-hydrogen) atoms. The SMILES string of the molecule is O=C(Nc1cnc(-c2ccccc2)nc1)c1csc(-c2ccsc2)n1. The molecule has 0 aliphatic carbocycles. The zero-order chi connectivity index (χ0) is 17.1. The van der Waals surface area contributed by atoms with Gasteiger partial charge in [0.25, 0.3) is 5.91 Å². The molecule has 1 aromatic carbocycles. The number of nitrogens with one attached hydrogen (secondary N) is 1. The zero-order valence-electron chi connectivity index (χ0n) is 12.9. The highest BCUT2D eigenvalue weighted by Gasteiger charge is 2.13. The average Bonchev–Trinajstić information content (AvgIpc) is 3.35. The van der Waals surface area contributed by atoms with Gasteiger partial charge in [0.15, 0.2) is 5.82 Å². The van der Waals surface area contributed by atoms with Crippen molar-refractivity contribution in [3.8, 4) is 22.0 Å². The number of hydrogen-bond acceptors (Lipinski definition) is 6. The van der Waals surface area contributed by atoms with Crippen LogP contribution in [0.4, 0.5) is 5.69 Å². The van der Waals surface area contributed by atoms with Crippen LogP contribution in [0.3, 0.4) is 0 Å². The third-order valence-corrected chi connectivity index (χ3v) is 5.02. The topological polar surface area (TPSA) is 67.8 Å². The molecule has 0 aliphatic rings. The zero-order valence-corrected chi connectivity index (χ0v) is 14.6. The molecule has 4 aromatic rings. The first-order valence-corrected chi connectivity index (χ1v) is 9.29. The molecule has 0 spiro atoms. The Balaban J connectivity index is 1.48. The molecule has 0 bridgehead atoms. The van der Waals surface area contributed by atoms with Gasteiger partial charge in [-0.3, -0.25) is 4.79 Å². The Hall–Kier alpha value is -2.90. The fourth-order valence-electron chi connectivity index (χ4n) is 2.22. The Morgan fingerprint density at radius 2 is 1.76 bits per heavy atom. The van der Waals surface area contributed by atoms with Crippen LogP contribution in [0.15, 0.2) is 64.9 Å². The van der Waals surface area contributed by atoms with Gasteiger partial charge in [0, 0.05) is 21.9 Å². The minimum absolute atomic E-state index is 0.270. The standard InChI is InChI=1S/C18H12N4OS2/c23-17(15-11-25-18(22-15)13-6-7-24-10-13)21-14-8-19-16(20-9-14)12-4-2-1-3-5-12/h1-11H,(H,21,23). The summed E-state index contributed by atoms with van der Waals surface area (Å²) in [4.78, 5) is 25.3. The number of carbonyl (C=O) groups excluding carboxylic acids is 1. The van der Waals surface area contributed by atoms with Gasteiger partial charge in [0.1, 0.15) is 10.7 Å². The molecule has 7 heteroatoms. The van der Waals surface area contributed by atoms with E-state index >= 15 is 0 Å². The molecule has 0 saturated heterocycles. The van der Waals surface area contributed by atoms with Gasteiger partial charge in [-0.2, -0.15) is 11.3 Å². The van der Waals surface area contributed by atoms with Crippen LogP contribution in [-0.2, 0) is 0 Å². The smallest absolute Gasteiger partial charge is 0.275 e. The van der Waals surface area contributed by atoms with Crippen molar-refractivity contribution in [3.63, 3.8) is 0 Å². The lowest BCUT2D eigenvalue weighted by Crippen LogP contribution is -2.12. The Morgan fingerprint density at radius 3 is 2.48 bits per heavy atom. The second-order valence-electron chi connectivity index (χ2n) is 5.17. The van der Waals surface area contributed by atoms with Crippen molar-refractivity contribution in [2.24, 2.45) is 0 Å². The number of benzene rings is 1. The van der Waals surface area contributed by atoms with Crippen molar-refractivity contribution >= 4 is 34.3 Å². The molecule has 5 nitrogen and oxygen atoms in total. The summed E-state index contributed by atoms with van der Waals surface area (Å²) in [6, 6.07) is 11.7. The van der Waals surface area contributed by atoms with Crippen molar-refractivity contribution in [2.75, 3.05) is 5.32 Å². The van der Waals surface area contributed by atoms with Crippen LogP contribution in [0.5, 0.6) is 0 Å². The van der Waals surface area contributed by atoms with Crippen LogP contribution < -0.4 is 5.32 Å². The van der Waals surface area contributed by atoms with E-state index in [1.807, 2.05) is 47.2 Å². The molecule has 0 atom stereocenters. The van der Waals surface area contributed by atoms with Crippen LogP contribution in [0, 0.1) is 0 Å². The average molecular weight is 364 g/mol. The van der Waals surface area contributed by atoms with Gasteiger partial charge in [-0.25, -0.2) is 15.0 Å². The number of aromatic nitrogens is 3. The molecule has 1 N–H and O–H groups in total. The number of hydrogen-bond donors (Lipinski definition) is 1. The highest BCUT2D eigenvalue weighted by molar-refractivity contribution is 7.14. The highest BCUT2D eigenvalue weighted by atomic mass is 32.1. The monoisotopic (exact) mass is 364 g/mol. The van der Waals surface area contributed by atoms with Crippen LogP contribution >= 0.6 is 22.7 Å². The summed E-state index contributed by atoms with van der Waals surface area (Å²) in [5.41, 5.74) is 2.89. The van der Waals surface area contributed by atoms with Crippen LogP contribution in [-0.4, -0.2) is 20.9 Å². The molecule has 4 rings (SSSR count). The van der Waals surface area contributed by atoms with Gasteiger partial charge in [0.2, 0.25) is 0 Å². The van der Waals surface area contributed by atoms with Gasteiger partial charge in [-0.15, -0.1) is 11.3 Å². The van der Waals surface area contributed by atoms with Crippen molar-refractivity contribution in [1.82, 2.24) is 15.0 Å². The van der Waals surface area contributed by atoms with E-state index in [0.717, 1.165) is 16.1 Å². The third-order valence-electron chi connectivity index (χ3n) is 3.45. The molecule has 0 fully saturated rings. The molecule has 0 saturated carbocycles. The number of carbonyl (C=O) groups is 1. The fourth-order valence-corrected chi connectivity index (χ4v) is 3.73. The largest absolute Gasteiger partial charge is 0.318 e. The predicted molar refractivity (Wildman–Crippen MR) is 101 cm³/mol. The maximum Gasteiger partial charge on any atom is 0.275 e. The first-order valence-electron chi connectivity index (χ1n) is 7.46. The highest BCUT2D eigenvalue weighted by Crippen LogP contribution is 2.26. The second kappa shape index (κ2) is 6.92. The number of amides is 1. The molecule has 122 valence electrons. The van der Waals surface area contributed by atoms with Gasteiger partial charge in [-0.1, -0.05) is 30.3 Å². The summed E-state index contributed by atoms with van der Waals surface area (Å²) >= 11 is 3.05. The summed E-state index contributed by atoms with van der Waals surface area (Å²) in [7, 11) is 0. The minimum atomic E-state index is -0.270. The maximum atomic E-state index is 12.3. The van der Waals surface area contributed by atoms with Gasteiger partial charge >= 0.3 is 0 Å². The molecule has 0 aliphatic heterocycles. The van der Waals surface area contributed by atoms with Crippen molar-refractivity contribution < 1.29 is 4.79 Å². The van der Waals surface area contributed by atoms with E-state index < -0.39 is 0 Å². The number of thiophene rings is 1. The lowest BCUT2D eigenvalue weighted by atomic mass is 10.2. The summed E-state index contributed by atoms with van der Waals surface area (Å²) in [6.45, 7) is 0. The maximum absolute atomic E-state index is 12.3. The minimum Gasteiger partial charge on any atom is -0.318 e. The van der Waals surface area contributed by atoms with Crippen molar-refractivity contribution in [1.29, 1.82) is 0 Å². The number of rotatable bonds is 4. The summed E-state index contributed by atoms with van der Waals surface area (Å²) in [5.74, 6) is 0.348. The van der Waals surface area contributed by atoms with Crippen LogP contribution in [0.2, 0.25) is 0 Å². The van der Waals surface area contributed by atoms with Gasteiger partial charge < -0.3 is 5.32 Å². The molecular formula is C18H12N4OS2. The number of thiazole rings is 1. The second-order valence-corrected chi connectivity index (χ2v) is 6.80. The lowest BCUT2D eigenvalue weighted by molar-refractivity contribution is 0.102. The third kappa shape index (κ3) is 3.47. The Bertz CT molecular complexity index is 980. The quantitative estimate of drug-likeness (QED) is 0.575. The lowest BCUT2D eigenvalue weighted by Gasteiger charge is -2.04. The Labute approximate surface area is 152 Å². The van der Waals surface area contributed by atoms with E-state index in [1.54, 1.807) is 29.1 Å². The molecule has 3 aromatic heterocycles. The van der Waals surface area contributed by atoms with E-state index in [1.165, 1.54) is 11.3 Å². The number of nitrogens with zero attached hydrogens (tertiary/aromatic N) is 3. The summed E-state index contributed by atoms with van der Waals surface area (Å²) in [6.07, 6.45) is 3.19. The molecule has 0 radical (unpaired) electrons. The van der Waals surface area contributed by atoms with E-state index in [2.05, 4.69) is 20.3 Å². The first-order chi connectivity index (χ1) is 12.3. The molecule has 0 unspecified atom stereocenters. The Morgan fingerprint density at radius 1 is 0.960 bits per heavy atom. The van der Waals surface area contributed by atoms with Crippen molar-refractivity contribution in [2.45, 2.75) is 0 Å². The van der Waals surface area contributed by atoms with Crippen LogP contribution in [0.25, 0.3) is 22.0 Å². The van der Waals surface area contributed by atoms with E-state index in [9.17, 15) is 4.79 Å². The van der Waals surface area contributed by atoms with Gasteiger partial charge in [0.05, 0.1) is 18.1 Å². The van der Waals surface area contributed by atoms with E-state index in [4.69, 9.17) is 0 Å². The van der Waals surface area contributed by atoms with Gasteiger partial charge in [-0.05, 0) is 11.4 Å². The Kier molecular flexibility index (Phi) is 4.32. The first kappa shape index (κ1) is 15.6. The predicted octanol–water partition coefficient (Wildman–Crippen LogP) is 4.58. The van der Waals surface area contributed by atoms with E-state index in [0.29, 0.717) is 17.2 Å². The summed E-state index contributed by atoms with van der Waals surface area (Å²) in [5, 5.41) is 9.36.